The van der Waals surface area contributed by atoms with Crippen LogP contribution in [0, 0.1) is 0 Å². The normalized spacial score (nSPS) is 13.1. The molecule has 0 fully saturated rings. The van der Waals surface area contributed by atoms with E-state index in [2.05, 4.69) is 18.9 Å². The maximum atomic E-state index is 5.28. The number of anilines is 1. The number of benzene rings is 1. The van der Waals surface area contributed by atoms with Crippen LogP contribution in [0.3, 0.4) is 0 Å². The summed E-state index contributed by atoms with van der Waals surface area (Å²) in [5.74, 6) is 1.69. The van der Waals surface area contributed by atoms with Crippen molar-refractivity contribution >= 4 is 5.69 Å². The van der Waals surface area contributed by atoms with Crippen molar-refractivity contribution in [2.75, 3.05) is 25.3 Å². The Morgan fingerprint density at radius 2 is 2.08 bits per heavy atom. The van der Waals surface area contributed by atoms with Gasteiger partial charge in [-0.25, -0.2) is 0 Å². The van der Waals surface area contributed by atoms with Gasteiger partial charge in [0.2, 0.25) is 6.79 Å². The first-order valence-electron chi connectivity index (χ1n) is 4.42. The van der Waals surface area contributed by atoms with Gasteiger partial charge in [-0.2, -0.15) is 0 Å². The molecule has 0 radical (unpaired) electrons. The fourth-order valence-electron chi connectivity index (χ4n) is 1.31. The van der Waals surface area contributed by atoms with Crippen LogP contribution in [0.1, 0.15) is 6.92 Å². The van der Waals surface area contributed by atoms with E-state index < -0.39 is 0 Å². The minimum Gasteiger partial charge on any atom is -0.454 e. The monoisotopic (exact) mass is 179 g/mol. The molecule has 1 aliphatic rings. The average molecular weight is 179 g/mol. The Morgan fingerprint density at radius 3 is 2.85 bits per heavy atom. The molecular weight excluding hydrogens is 166 g/mol. The Hall–Kier alpha value is -1.38. The zero-order valence-corrected chi connectivity index (χ0v) is 7.91. The molecule has 0 unspecified atom stereocenters. The van der Waals surface area contributed by atoms with Crippen molar-refractivity contribution < 1.29 is 9.47 Å². The molecule has 0 N–H and O–H groups in total. The van der Waals surface area contributed by atoms with E-state index in [1.54, 1.807) is 0 Å². The van der Waals surface area contributed by atoms with E-state index in [0.29, 0.717) is 6.79 Å². The van der Waals surface area contributed by atoms with Crippen molar-refractivity contribution in [3.63, 3.8) is 0 Å². The van der Waals surface area contributed by atoms with Gasteiger partial charge in [-0.3, -0.25) is 0 Å². The summed E-state index contributed by atoms with van der Waals surface area (Å²) in [5.41, 5.74) is 1.16. The van der Waals surface area contributed by atoms with E-state index >= 15 is 0 Å². The van der Waals surface area contributed by atoms with E-state index in [0.717, 1.165) is 23.7 Å². The Kier molecular flexibility index (Phi) is 2.00. The van der Waals surface area contributed by atoms with Crippen LogP contribution in [-0.2, 0) is 0 Å². The number of hydrogen-bond donors (Lipinski definition) is 0. The molecule has 0 amide bonds. The lowest BCUT2D eigenvalue weighted by Crippen LogP contribution is -2.15. The van der Waals surface area contributed by atoms with Gasteiger partial charge in [0.1, 0.15) is 0 Å². The number of hydrogen-bond acceptors (Lipinski definition) is 3. The van der Waals surface area contributed by atoms with E-state index in [4.69, 9.17) is 9.47 Å². The summed E-state index contributed by atoms with van der Waals surface area (Å²) in [6.45, 7) is 3.44. The van der Waals surface area contributed by atoms with Crippen LogP contribution in [0.4, 0.5) is 5.69 Å². The van der Waals surface area contributed by atoms with E-state index in [1.165, 1.54) is 0 Å². The molecule has 1 aromatic carbocycles. The van der Waals surface area contributed by atoms with E-state index in [9.17, 15) is 0 Å². The lowest BCUT2D eigenvalue weighted by Gasteiger charge is -2.16. The Balaban J connectivity index is 2.30. The number of nitrogens with zero attached hydrogens (tertiary/aromatic N) is 1. The zero-order chi connectivity index (χ0) is 9.26. The van der Waals surface area contributed by atoms with Crippen LogP contribution in [-0.4, -0.2) is 20.4 Å². The van der Waals surface area contributed by atoms with Crippen molar-refractivity contribution in [3.05, 3.63) is 18.2 Å². The first-order chi connectivity index (χ1) is 6.31. The third kappa shape index (κ3) is 1.41. The molecule has 0 saturated carbocycles. The van der Waals surface area contributed by atoms with Crippen LogP contribution < -0.4 is 14.4 Å². The Bertz CT molecular complexity index is 312. The largest absolute Gasteiger partial charge is 0.454 e. The smallest absolute Gasteiger partial charge is 0.231 e. The third-order valence-corrected chi connectivity index (χ3v) is 2.27. The predicted octanol–water partition coefficient (Wildman–Crippen LogP) is 1.87. The highest BCUT2D eigenvalue weighted by atomic mass is 16.7. The van der Waals surface area contributed by atoms with Gasteiger partial charge >= 0.3 is 0 Å². The summed E-state index contributed by atoms with van der Waals surface area (Å²) in [7, 11) is 2.05. The molecule has 1 heterocycles. The molecule has 3 heteroatoms. The lowest BCUT2D eigenvalue weighted by atomic mass is 10.2. The van der Waals surface area contributed by atoms with Gasteiger partial charge in [-0.15, -0.1) is 0 Å². The quantitative estimate of drug-likeness (QED) is 0.691. The molecule has 0 atom stereocenters. The molecule has 1 aliphatic heterocycles. The van der Waals surface area contributed by atoms with Gasteiger partial charge in [0.05, 0.1) is 0 Å². The third-order valence-electron chi connectivity index (χ3n) is 2.27. The zero-order valence-electron chi connectivity index (χ0n) is 7.91. The summed E-state index contributed by atoms with van der Waals surface area (Å²) in [4.78, 5) is 2.15. The Morgan fingerprint density at radius 1 is 1.31 bits per heavy atom. The molecule has 1 aromatic rings. The van der Waals surface area contributed by atoms with Crippen molar-refractivity contribution in [1.82, 2.24) is 0 Å². The molecule has 0 saturated heterocycles. The summed E-state index contributed by atoms with van der Waals surface area (Å²) in [6.07, 6.45) is 0. The molecular formula is C10H13NO2. The fraction of sp³-hybridized carbons (Fsp3) is 0.400. The topological polar surface area (TPSA) is 21.7 Å². The molecule has 2 rings (SSSR count). The van der Waals surface area contributed by atoms with Gasteiger partial charge in [0.25, 0.3) is 0 Å². The second-order valence-corrected chi connectivity index (χ2v) is 3.05. The molecule has 0 aliphatic carbocycles. The highest BCUT2D eigenvalue weighted by molar-refractivity contribution is 5.56. The summed E-state index contributed by atoms with van der Waals surface area (Å²) in [6, 6.07) is 5.99. The van der Waals surface area contributed by atoms with Crippen molar-refractivity contribution in [2.45, 2.75) is 6.92 Å². The maximum absolute atomic E-state index is 5.28. The van der Waals surface area contributed by atoms with Crippen molar-refractivity contribution in [1.29, 1.82) is 0 Å². The molecule has 0 aromatic heterocycles. The SMILES string of the molecule is CCN(C)c1ccc2c(c1)OCO2. The molecule has 3 nitrogen and oxygen atoms in total. The first kappa shape index (κ1) is 8.23. The van der Waals surface area contributed by atoms with Gasteiger partial charge in [-0.1, -0.05) is 0 Å². The minimum atomic E-state index is 0.342. The average Bonchev–Trinajstić information content (AvgIpc) is 2.63. The summed E-state index contributed by atoms with van der Waals surface area (Å²) < 4.78 is 10.5. The Labute approximate surface area is 77.9 Å². The maximum Gasteiger partial charge on any atom is 0.231 e. The van der Waals surface area contributed by atoms with Crippen molar-refractivity contribution in [3.8, 4) is 11.5 Å². The first-order valence-corrected chi connectivity index (χ1v) is 4.42. The fourth-order valence-corrected chi connectivity index (χ4v) is 1.31. The van der Waals surface area contributed by atoms with Crippen LogP contribution in [0.25, 0.3) is 0 Å². The van der Waals surface area contributed by atoms with Crippen LogP contribution in [0.15, 0.2) is 18.2 Å². The molecule has 0 bridgehead atoms. The van der Waals surface area contributed by atoms with Crippen molar-refractivity contribution in [2.24, 2.45) is 0 Å². The van der Waals surface area contributed by atoms with Gasteiger partial charge in [0.15, 0.2) is 11.5 Å². The van der Waals surface area contributed by atoms with E-state index in [-0.39, 0.29) is 0 Å². The van der Waals surface area contributed by atoms with Crippen LogP contribution in [0.2, 0.25) is 0 Å². The van der Waals surface area contributed by atoms with Crippen LogP contribution >= 0.6 is 0 Å². The lowest BCUT2D eigenvalue weighted by molar-refractivity contribution is 0.174. The molecule has 13 heavy (non-hydrogen) atoms. The van der Waals surface area contributed by atoms with Gasteiger partial charge < -0.3 is 14.4 Å². The van der Waals surface area contributed by atoms with E-state index in [1.807, 2.05) is 18.2 Å². The predicted molar refractivity (Wildman–Crippen MR) is 51.5 cm³/mol. The standard InChI is InChI=1S/C10H13NO2/c1-3-11(2)8-4-5-9-10(6-8)13-7-12-9/h4-6H,3,7H2,1-2H3. The summed E-state index contributed by atoms with van der Waals surface area (Å²) in [5, 5.41) is 0. The second-order valence-electron chi connectivity index (χ2n) is 3.05. The molecule has 70 valence electrons. The second kappa shape index (κ2) is 3.17. The van der Waals surface area contributed by atoms with Gasteiger partial charge in [-0.05, 0) is 19.1 Å². The highest BCUT2D eigenvalue weighted by Crippen LogP contribution is 2.34. The number of fused-ring (bicyclic) bond motifs is 1. The van der Waals surface area contributed by atoms with Gasteiger partial charge in [0, 0.05) is 25.3 Å². The molecule has 0 spiro atoms. The number of rotatable bonds is 2. The minimum absolute atomic E-state index is 0.342. The number of ether oxygens (including phenoxy) is 2. The van der Waals surface area contributed by atoms with Crippen LogP contribution in [0.5, 0.6) is 11.5 Å². The summed E-state index contributed by atoms with van der Waals surface area (Å²) >= 11 is 0. The highest BCUT2D eigenvalue weighted by Gasteiger charge is 2.13.